The summed E-state index contributed by atoms with van der Waals surface area (Å²) in [6, 6.07) is 8.76. The number of nitrogens with zero attached hydrogens (tertiary/aromatic N) is 2. The molecule has 0 aliphatic rings. The highest BCUT2D eigenvalue weighted by Crippen LogP contribution is 2.32. The van der Waals surface area contributed by atoms with Gasteiger partial charge in [0.05, 0.1) is 11.3 Å². The van der Waals surface area contributed by atoms with Crippen LogP contribution < -0.4 is 5.32 Å². The summed E-state index contributed by atoms with van der Waals surface area (Å²) < 4.78 is 39.5. The van der Waals surface area contributed by atoms with Crippen molar-refractivity contribution in [3.05, 3.63) is 50.5 Å². The molecule has 1 aromatic carbocycles. The molecule has 8 heteroatoms. The molecule has 3 nitrogen and oxygen atoms in total. The fourth-order valence-electron chi connectivity index (χ4n) is 1.52. The predicted octanol–water partition coefficient (Wildman–Crippen LogP) is 5.24. The molecule has 0 bridgehead atoms. The number of benzene rings is 1. The van der Waals surface area contributed by atoms with Crippen LogP contribution in [-0.2, 0) is 6.18 Å². The van der Waals surface area contributed by atoms with E-state index in [1.54, 1.807) is 18.2 Å². The smallest absolute Gasteiger partial charge is 0.338 e. The molecule has 0 aliphatic carbocycles. The molecular formula is C13H6Br2F3N3. The Labute approximate surface area is 135 Å². The second-order valence-corrected chi connectivity index (χ2v) is 5.72. The number of nitrogens with one attached hydrogen (secondary N) is 1. The van der Waals surface area contributed by atoms with E-state index in [1.807, 2.05) is 6.07 Å². The third-order valence-corrected chi connectivity index (χ3v) is 3.64. The van der Waals surface area contributed by atoms with Gasteiger partial charge in [-0.15, -0.1) is 0 Å². The van der Waals surface area contributed by atoms with Crippen molar-refractivity contribution >= 4 is 43.4 Å². The van der Waals surface area contributed by atoms with E-state index in [9.17, 15) is 13.2 Å². The molecule has 1 N–H and O–H groups in total. The van der Waals surface area contributed by atoms with E-state index in [1.165, 1.54) is 0 Å². The minimum absolute atomic E-state index is 0.0258. The number of nitriles is 1. The van der Waals surface area contributed by atoms with E-state index in [0.717, 1.165) is 16.6 Å². The highest BCUT2D eigenvalue weighted by Gasteiger charge is 2.33. The molecule has 0 saturated heterocycles. The highest BCUT2D eigenvalue weighted by molar-refractivity contribution is 9.11. The van der Waals surface area contributed by atoms with E-state index in [2.05, 4.69) is 42.2 Å². The third kappa shape index (κ3) is 3.74. The molecule has 108 valence electrons. The lowest BCUT2D eigenvalue weighted by molar-refractivity contribution is -0.141. The van der Waals surface area contributed by atoms with Gasteiger partial charge in [-0.2, -0.15) is 18.4 Å². The Morgan fingerprint density at radius 1 is 1.14 bits per heavy atom. The molecule has 0 radical (unpaired) electrons. The van der Waals surface area contributed by atoms with Crippen LogP contribution in [0, 0.1) is 11.3 Å². The van der Waals surface area contributed by atoms with Gasteiger partial charge < -0.3 is 5.32 Å². The van der Waals surface area contributed by atoms with E-state index in [-0.39, 0.29) is 11.4 Å². The van der Waals surface area contributed by atoms with Gasteiger partial charge in [0.1, 0.15) is 17.6 Å². The minimum Gasteiger partial charge on any atom is -0.338 e. The molecule has 0 fully saturated rings. The minimum atomic E-state index is -4.57. The average Bonchev–Trinajstić information content (AvgIpc) is 2.41. The zero-order valence-electron chi connectivity index (χ0n) is 10.2. The number of aromatic nitrogens is 1. The molecule has 2 rings (SSSR count). The van der Waals surface area contributed by atoms with Crippen molar-refractivity contribution in [1.29, 1.82) is 5.26 Å². The number of anilines is 2. The first kappa shape index (κ1) is 15.8. The van der Waals surface area contributed by atoms with Crippen molar-refractivity contribution in [2.45, 2.75) is 6.18 Å². The number of rotatable bonds is 2. The van der Waals surface area contributed by atoms with Gasteiger partial charge >= 0.3 is 6.18 Å². The molecule has 21 heavy (non-hydrogen) atoms. The summed E-state index contributed by atoms with van der Waals surface area (Å²) in [5.41, 5.74) is -0.531. The van der Waals surface area contributed by atoms with Crippen molar-refractivity contribution in [3.63, 3.8) is 0 Å². The summed E-state index contributed by atoms with van der Waals surface area (Å²) in [5, 5.41) is 11.7. The van der Waals surface area contributed by atoms with Gasteiger partial charge in [-0.05, 0) is 46.3 Å². The largest absolute Gasteiger partial charge is 0.433 e. The monoisotopic (exact) mass is 419 g/mol. The molecule has 0 spiro atoms. The van der Waals surface area contributed by atoms with Gasteiger partial charge in [-0.3, -0.25) is 0 Å². The van der Waals surface area contributed by atoms with Crippen LogP contribution in [0.1, 0.15) is 11.3 Å². The number of pyridine rings is 1. The molecule has 2 aromatic rings. The standard InChI is InChI=1S/C13H6Br2F3N3/c14-8-2-3-10(9(15)5-8)20-12-7(6-19)1-4-11(21-12)13(16,17)18/h1-5H,(H,20,21). The van der Waals surface area contributed by atoms with Crippen molar-refractivity contribution in [3.8, 4) is 6.07 Å². The van der Waals surface area contributed by atoms with Crippen LogP contribution >= 0.6 is 31.9 Å². The second kappa shape index (κ2) is 6.03. The summed E-state index contributed by atoms with van der Waals surface area (Å²) in [5.74, 6) is -0.143. The Kier molecular flexibility index (Phi) is 4.54. The highest BCUT2D eigenvalue weighted by atomic mass is 79.9. The number of alkyl halides is 3. The predicted molar refractivity (Wildman–Crippen MR) is 79.1 cm³/mol. The second-order valence-electron chi connectivity index (χ2n) is 3.95. The SMILES string of the molecule is N#Cc1ccc(C(F)(F)F)nc1Nc1ccc(Br)cc1Br. The van der Waals surface area contributed by atoms with Crippen LogP contribution in [0.25, 0.3) is 0 Å². The van der Waals surface area contributed by atoms with Crippen molar-refractivity contribution in [2.24, 2.45) is 0 Å². The van der Waals surface area contributed by atoms with Crippen LogP contribution in [0.5, 0.6) is 0 Å². The maximum absolute atomic E-state index is 12.7. The molecule has 1 heterocycles. The molecule has 0 aliphatic heterocycles. The Morgan fingerprint density at radius 2 is 1.86 bits per heavy atom. The number of hydrogen-bond acceptors (Lipinski definition) is 3. The Balaban J connectivity index is 2.45. The van der Waals surface area contributed by atoms with Crippen LogP contribution in [0.3, 0.4) is 0 Å². The normalized spacial score (nSPS) is 11.0. The summed E-state index contributed by atoms with van der Waals surface area (Å²) >= 11 is 6.56. The van der Waals surface area contributed by atoms with Crippen molar-refractivity contribution < 1.29 is 13.2 Å². The molecule has 0 atom stereocenters. The molecular weight excluding hydrogens is 415 g/mol. The first-order chi connectivity index (χ1) is 9.81. The summed E-state index contributed by atoms with van der Waals surface area (Å²) in [6.07, 6.45) is -4.57. The zero-order valence-corrected chi connectivity index (χ0v) is 13.3. The average molecular weight is 421 g/mol. The number of halogens is 5. The molecule has 1 aromatic heterocycles. The fourth-order valence-corrected chi connectivity index (χ4v) is 2.67. The van der Waals surface area contributed by atoms with Crippen molar-refractivity contribution in [1.82, 2.24) is 4.98 Å². The van der Waals surface area contributed by atoms with E-state index >= 15 is 0 Å². The van der Waals surface area contributed by atoms with Crippen LogP contribution in [0.4, 0.5) is 24.7 Å². The number of hydrogen-bond donors (Lipinski definition) is 1. The molecule has 0 unspecified atom stereocenters. The van der Waals surface area contributed by atoms with Gasteiger partial charge in [0, 0.05) is 8.95 Å². The molecule has 0 amide bonds. The summed E-state index contributed by atoms with van der Waals surface area (Å²) in [6.45, 7) is 0. The Morgan fingerprint density at radius 3 is 2.43 bits per heavy atom. The first-order valence-electron chi connectivity index (χ1n) is 5.51. The topological polar surface area (TPSA) is 48.7 Å². The van der Waals surface area contributed by atoms with Crippen LogP contribution in [0.15, 0.2) is 39.3 Å². The quantitative estimate of drug-likeness (QED) is 0.722. The first-order valence-corrected chi connectivity index (χ1v) is 7.10. The van der Waals surface area contributed by atoms with Gasteiger partial charge in [-0.25, -0.2) is 4.98 Å². The van der Waals surface area contributed by atoms with Gasteiger partial charge in [0.25, 0.3) is 0 Å². The summed E-state index contributed by atoms with van der Waals surface area (Å²) in [7, 11) is 0. The van der Waals surface area contributed by atoms with E-state index in [4.69, 9.17) is 5.26 Å². The zero-order chi connectivity index (χ0) is 15.6. The fraction of sp³-hybridized carbons (Fsp3) is 0.0769. The third-order valence-electron chi connectivity index (χ3n) is 2.49. The molecule has 0 saturated carbocycles. The Hall–Kier alpha value is -1.59. The van der Waals surface area contributed by atoms with Gasteiger partial charge in [0.15, 0.2) is 0 Å². The lowest BCUT2D eigenvalue weighted by Gasteiger charge is -2.12. The van der Waals surface area contributed by atoms with E-state index < -0.39 is 11.9 Å². The maximum Gasteiger partial charge on any atom is 0.433 e. The van der Waals surface area contributed by atoms with Crippen LogP contribution in [-0.4, -0.2) is 4.98 Å². The van der Waals surface area contributed by atoms with Crippen LogP contribution in [0.2, 0.25) is 0 Å². The van der Waals surface area contributed by atoms with Gasteiger partial charge in [-0.1, -0.05) is 15.9 Å². The van der Waals surface area contributed by atoms with E-state index in [0.29, 0.717) is 10.2 Å². The van der Waals surface area contributed by atoms with Crippen molar-refractivity contribution in [2.75, 3.05) is 5.32 Å². The summed E-state index contributed by atoms with van der Waals surface area (Å²) in [4.78, 5) is 3.48. The Bertz CT molecular complexity index is 724. The van der Waals surface area contributed by atoms with Gasteiger partial charge in [0.2, 0.25) is 0 Å². The lowest BCUT2D eigenvalue weighted by Crippen LogP contribution is -2.10. The maximum atomic E-state index is 12.7. The lowest BCUT2D eigenvalue weighted by atomic mass is 10.2.